The number of rotatable bonds is 8. The van der Waals surface area contributed by atoms with Gasteiger partial charge >= 0.3 is 0 Å². The monoisotopic (exact) mass is 368 g/mol. The van der Waals surface area contributed by atoms with Crippen LogP contribution >= 0.6 is 0 Å². The van der Waals surface area contributed by atoms with E-state index in [1.165, 1.54) is 37.9 Å². The van der Waals surface area contributed by atoms with Crippen molar-refractivity contribution in [2.24, 2.45) is 0 Å². The number of amides is 1. The van der Waals surface area contributed by atoms with Crippen LogP contribution in [0.15, 0.2) is 48.5 Å². The molecule has 0 aliphatic carbocycles. The van der Waals surface area contributed by atoms with E-state index in [0.717, 1.165) is 12.1 Å². The Balaban J connectivity index is 1.40. The van der Waals surface area contributed by atoms with Crippen LogP contribution < -0.4 is 14.8 Å². The van der Waals surface area contributed by atoms with Crippen LogP contribution in [0, 0.1) is 0 Å². The predicted octanol–water partition coefficient (Wildman–Crippen LogP) is 3.38. The molecule has 1 fully saturated rings. The number of methoxy groups -OCH3 is 1. The van der Waals surface area contributed by atoms with Crippen molar-refractivity contribution in [1.29, 1.82) is 0 Å². The summed E-state index contributed by atoms with van der Waals surface area (Å²) in [5.41, 5.74) is 2.42. The van der Waals surface area contributed by atoms with Crippen LogP contribution in [0.5, 0.6) is 11.5 Å². The predicted molar refractivity (Wildman–Crippen MR) is 106 cm³/mol. The lowest BCUT2D eigenvalue weighted by Gasteiger charge is -2.26. The fourth-order valence-electron chi connectivity index (χ4n) is 3.23. The van der Waals surface area contributed by atoms with E-state index < -0.39 is 0 Å². The normalized spacial score (nSPS) is 14.6. The average Bonchev–Trinajstić information content (AvgIpc) is 2.72. The summed E-state index contributed by atoms with van der Waals surface area (Å²) in [6.45, 7) is 3.90. The molecule has 0 unspecified atom stereocenters. The molecule has 0 spiro atoms. The van der Waals surface area contributed by atoms with Gasteiger partial charge in [-0.1, -0.05) is 36.8 Å². The zero-order valence-electron chi connectivity index (χ0n) is 15.9. The third kappa shape index (κ3) is 6.29. The number of nitrogens with zero attached hydrogens (tertiary/aromatic N) is 1. The van der Waals surface area contributed by atoms with Gasteiger partial charge in [0.2, 0.25) is 0 Å². The van der Waals surface area contributed by atoms with E-state index in [1.807, 2.05) is 12.1 Å². The van der Waals surface area contributed by atoms with E-state index in [2.05, 4.69) is 34.5 Å². The lowest BCUT2D eigenvalue weighted by atomic mass is 10.1. The molecule has 0 aromatic heterocycles. The molecule has 3 rings (SSSR count). The number of nitrogens with one attached hydrogen (secondary N) is 1. The Hall–Kier alpha value is -2.53. The molecule has 2 aromatic carbocycles. The van der Waals surface area contributed by atoms with Crippen molar-refractivity contribution in [2.45, 2.75) is 32.4 Å². The number of hydrogen-bond acceptors (Lipinski definition) is 4. The topological polar surface area (TPSA) is 50.8 Å². The lowest BCUT2D eigenvalue weighted by Crippen LogP contribution is -2.29. The van der Waals surface area contributed by atoms with Crippen LogP contribution in [0.2, 0.25) is 0 Å². The van der Waals surface area contributed by atoms with Gasteiger partial charge in [0.05, 0.1) is 7.11 Å². The molecule has 5 heteroatoms. The quantitative estimate of drug-likeness (QED) is 0.776. The lowest BCUT2D eigenvalue weighted by molar-refractivity contribution is -0.123. The van der Waals surface area contributed by atoms with Crippen molar-refractivity contribution >= 4 is 5.91 Å². The maximum atomic E-state index is 12.0. The summed E-state index contributed by atoms with van der Waals surface area (Å²) in [6, 6.07) is 15.7. The molecule has 144 valence electrons. The smallest absolute Gasteiger partial charge is 0.258 e. The number of carbonyl (C=O) groups is 1. The van der Waals surface area contributed by atoms with Crippen molar-refractivity contribution in [3.8, 4) is 11.5 Å². The van der Waals surface area contributed by atoms with Crippen molar-refractivity contribution in [3.63, 3.8) is 0 Å². The zero-order chi connectivity index (χ0) is 18.9. The van der Waals surface area contributed by atoms with Gasteiger partial charge in [0.1, 0.15) is 11.5 Å². The van der Waals surface area contributed by atoms with Crippen molar-refractivity contribution in [1.82, 2.24) is 10.2 Å². The molecule has 27 heavy (non-hydrogen) atoms. The molecule has 0 saturated carbocycles. The molecule has 1 saturated heterocycles. The van der Waals surface area contributed by atoms with Crippen LogP contribution in [-0.2, 0) is 17.9 Å². The van der Waals surface area contributed by atoms with Crippen LogP contribution in [-0.4, -0.2) is 37.6 Å². The summed E-state index contributed by atoms with van der Waals surface area (Å²) in [7, 11) is 1.60. The Labute approximate surface area is 161 Å². The standard InChI is InChI=1S/C22H28N2O3/c1-26-20-6-5-7-21(14-20)27-17-22(25)23-15-18-8-10-19(11-9-18)16-24-12-3-2-4-13-24/h5-11,14H,2-4,12-13,15-17H2,1H3,(H,23,25). The highest BCUT2D eigenvalue weighted by Crippen LogP contribution is 2.18. The minimum Gasteiger partial charge on any atom is -0.497 e. The fraction of sp³-hybridized carbons (Fsp3) is 0.409. The minimum atomic E-state index is -0.143. The van der Waals surface area contributed by atoms with E-state index in [-0.39, 0.29) is 12.5 Å². The van der Waals surface area contributed by atoms with Crippen LogP contribution in [0.25, 0.3) is 0 Å². The molecule has 0 atom stereocenters. The molecular formula is C22H28N2O3. The second-order valence-electron chi connectivity index (χ2n) is 6.90. The SMILES string of the molecule is COc1cccc(OCC(=O)NCc2ccc(CN3CCCCC3)cc2)c1. The average molecular weight is 368 g/mol. The fourth-order valence-corrected chi connectivity index (χ4v) is 3.23. The molecule has 1 heterocycles. The third-order valence-electron chi connectivity index (χ3n) is 4.78. The Morgan fingerprint density at radius 1 is 1.00 bits per heavy atom. The number of likely N-dealkylation sites (tertiary alicyclic amines) is 1. The first-order valence-corrected chi connectivity index (χ1v) is 9.56. The van der Waals surface area contributed by atoms with Gasteiger partial charge in [-0.3, -0.25) is 9.69 Å². The molecule has 1 aliphatic heterocycles. The minimum absolute atomic E-state index is 0.0137. The second kappa shape index (κ2) is 9.97. The number of benzene rings is 2. The highest BCUT2D eigenvalue weighted by atomic mass is 16.5. The summed E-state index contributed by atoms with van der Waals surface area (Å²) in [4.78, 5) is 14.5. The van der Waals surface area contributed by atoms with Gasteiger partial charge in [-0.05, 0) is 49.2 Å². The van der Waals surface area contributed by atoms with E-state index in [1.54, 1.807) is 19.2 Å². The largest absolute Gasteiger partial charge is 0.497 e. The Kier molecular flexibility index (Phi) is 7.11. The number of carbonyl (C=O) groups excluding carboxylic acids is 1. The van der Waals surface area contributed by atoms with Crippen molar-refractivity contribution in [3.05, 3.63) is 59.7 Å². The van der Waals surface area contributed by atoms with E-state index in [0.29, 0.717) is 18.0 Å². The van der Waals surface area contributed by atoms with E-state index >= 15 is 0 Å². The summed E-state index contributed by atoms with van der Waals surface area (Å²) < 4.78 is 10.6. The second-order valence-corrected chi connectivity index (χ2v) is 6.90. The molecule has 2 aromatic rings. The van der Waals surface area contributed by atoms with Crippen LogP contribution in [0.3, 0.4) is 0 Å². The summed E-state index contributed by atoms with van der Waals surface area (Å²) >= 11 is 0. The molecular weight excluding hydrogens is 340 g/mol. The number of hydrogen-bond donors (Lipinski definition) is 1. The molecule has 1 aliphatic rings. The summed E-state index contributed by atoms with van der Waals surface area (Å²) in [5.74, 6) is 1.18. The summed E-state index contributed by atoms with van der Waals surface area (Å²) in [6.07, 6.45) is 3.97. The highest BCUT2D eigenvalue weighted by Gasteiger charge is 2.10. The van der Waals surface area contributed by atoms with Gasteiger partial charge < -0.3 is 14.8 Å². The maximum Gasteiger partial charge on any atom is 0.258 e. The summed E-state index contributed by atoms with van der Waals surface area (Å²) in [5, 5.41) is 2.89. The van der Waals surface area contributed by atoms with Gasteiger partial charge in [-0.25, -0.2) is 0 Å². The first-order chi connectivity index (χ1) is 13.2. The third-order valence-corrected chi connectivity index (χ3v) is 4.78. The van der Waals surface area contributed by atoms with Crippen molar-refractivity contribution < 1.29 is 14.3 Å². The molecule has 1 N–H and O–H groups in total. The molecule has 1 amide bonds. The van der Waals surface area contributed by atoms with Crippen LogP contribution in [0.4, 0.5) is 0 Å². The van der Waals surface area contributed by atoms with Gasteiger partial charge in [0, 0.05) is 19.2 Å². The molecule has 5 nitrogen and oxygen atoms in total. The van der Waals surface area contributed by atoms with Gasteiger partial charge in [-0.15, -0.1) is 0 Å². The van der Waals surface area contributed by atoms with E-state index in [9.17, 15) is 4.79 Å². The Morgan fingerprint density at radius 2 is 1.70 bits per heavy atom. The Bertz CT molecular complexity index is 725. The first-order valence-electron chi connectivity index (χ1n) is 9.56. The van der Waals surface area contributed by atoms with Gasteiger partial charge in [0.25, 0.3) is 5.91 Å². The number of ether oxygens (including phenoxy) is 2. The van der Waals surface area contributed by atoms with Gasteiger partial charge in [0.15, 0.2) is 6.61 Å². The highest BCUT2D eigenvalue weighted by molar-refractivity contribution is 5.77. The first kappa shape index (κ1) is 19.2. The van der Waals surface area contributed by atoms with Gasteiger partial charge in [-0.2, -0.15) is 0 Å². The van der Waals surface area contributed by atoms with Crippen molar-refractivity contribution in [2.75, 3.05) is 26.8 Å². The molecule has 0 radical (unpaired) electrons. The Morgan fingerprint density at radius 3 is 2.44 bits per heavy atom. The maximum absolute atomic E-state index is 12.0. The van der Waals surface area contributed by atoms with Crippen LogP contribution in [0.1, 0.15) is 30.4 Å². The zero-order valence-corrected chi connectivity index (χ0v) is 15.9. The molecule has 0 bridgehead atoms. The number of piperidine rings is 1. The van der Waals surface area contributed by atoms with E-state index in [4.69, 9.17) is 9.47 Å².